The number of hydrogen-bond donors (Lipinski definition) is 2. The monoisotopic (exact) mass is 365 g/mol. The van der Waals surface area contributed by atoms with Crippen LogP contribution in [0.5, 0.6) is 0 Å². The van der Waals surface area contributed by atoms with Crippen molar-refractivity contribution in [3.8, 4) is 0 Å². The standard InChI is InChI=1S/C21H23N3O3/c1-14-6-7-18(22-13-14)21(27)8-10-24(11-9-21)20(26)16-12-19(25)23-17-5-3-2-4-15(16)17/h2-7,13,16,27H,8-12H2,1H3,(H,23,25)/t16-/m0/s1. The Morgan fingerprint density at radius 3 is 2.67 bits per heavy atom. The molecule has 2 N–H and O–H groups in total. The lowest BCUT2D eigenvalue weighted by Crippen LogP contribution is -2.47. The quantitative estimate of drug-likeness (QED) is 0.856. The molecule has 0 spiro atoms. The van der Waals surface area contributed by atoms with Crippen LogP contribution in [0.3, 0.4) is 0 Å². The third kappa shape index (κ3) is 3.32. The number of amides is 2. The number of aliphatic hydroxyl groups is 1. The number of piperidine rings is 1. The Hall–Kier alpha value is -2.73. The van der Waals surface area contributed by atoms with E-state index in [9.17, 15) is 14.7 Å². The minimum atomic E-state index is -1.01. The van der Waals surface area contributed by atoms with E-state index in [1.807, 2.05) is 43.3 Å². The van der Waals surface area contributed by atoms with Crippen molar-refractivity contribution in [1.29, 1.82) is 0 Å². The van der Waals surface area contributed by atoms with Gasteiger partial charge in [-0.15, -0.1) is 0 Å². The normalized spacial score (nSPS) is 21.3. The number of aromatic nitrogens is 1. The van der Waals surface area contributed by atoms with E-state index in [-0.39, 0.29) is 18.2 Å². The molecule has 0 aliphatic carbocycles. The summed E-state index contributed by atoms with van der Waals surface area (Å²) in [6.45, 7) is 2.86. The summed E-state index contributed by atoms with van der Waals surface area (Å²) in [5.41, 5.74) is 2.27. The Morgan fingerprint density at radius 1 is 1.22 bits per heavy atom. The van der Waals surface area contributed by atoms with Gasteiger partial charge in [0.05, 0.1) is 11.6 Å². The molecule has 27 heavy (non-hydrogen) atoms. The van der Waals surface area contributed by atoms with Gasteiger partial charge in [0.2, 0.25) is 11.8 Å². The molecule has 3 heterocycles. The van der Waals surface area contributed by atoms with Crippen molar-refractivity contribution in [2.45, 2.75) is 37.7 Å². The van der Waals surface area contributed by atoms with Gasteiger partial charge in [-0.05, 0) is 43.0 Å². The first kappa shape index (κ1) is 17.7. The summed E-state index contributed by atoms with van der Waals surface area (Å²) in [4.78, 5) is 31.2. The molecule has 1 saturated heterocycles. The Balaban J connectivity index is 1.49. The predicted molar refractivity (Wildman–Crippen MR) is 101 cm³/mol. The smallest absolute Gasteiger partial charge is 0.230 e. The number of rotatable bonds is 2. The summed E-state index contributed by atoms with van der Waals surface area (Å²) in [5, 5.41) is 13.8. The second kappa shape index (κ2) is 6.78. The molecular formula is C21H23N3O3. The van der Waals surface area contributed by atoms with Crippen molar-refractivity contribution in [2.24, 2.45) is 0 Å². The second-order valence-corrected chi connectivity index (χ2v) is 7.47. The average Bonchev–Trinajstić information content (AvgIpc) is 2.68. The zero-order chi connectivity index (χ0) is 19.0. The fourth-order valence-corrected chi connectivity index (χ4v) is 3.95. The highest BCUT2D eigenvalue weighted by molar-refractivity contribution is 6.01. The van der Waals surface area contributed by atoms with E-state index in [4.69, 9.17) is 0 Å². The summed E-state index contributed by atoms with van der Waals surface area (Å²) in [6.07, 6.45) is 2.79. The largest absolute Gasteiger partial charge is 0.383 e. The van der Waals surface area contributed by atoms with Gasteiger partial charge in [0, 0.05) is 31.4 Å². The van der Waals surface area contributed by atoms with Crippen LogP contribution in [-0.2, 0) is 15.2 Å². The highest BCUT2D eigenvalue weighted by atomic mass is 16.3. The molecule has 0 radical (unpaired) electrons. The van der Waals surface area contributed by atoms with Gasteiger partial charge in [0.1, 0.15) is 5.60 Å². The lowest BCUT2D eigenvalue weighted by atomic mass is 9.85. The van der Waals surface area contributed by atoms with Crippen molar-refractivity contribution in [2.75, 3.05) is 18.4 Å². The van der Waals surface area contributed by atoms with E-state index in [1.54, 1.807) is 11.1 Å². The lowest BCUT2D eigenvalue weighted by Gasteiger charge is -2.39. The van der Waals surface area contributed by atoms with E-state index >= 15 is 0 Å². The van der Waals surface area contributed by atoms with E-state index in [1.165, 1.54) is 0 Å². The third-order valence-electron chi connectivity index (χ3n) is 5.59. The fraction of sp³-hybridized carbons (Fsp3) is 0.381. The number of nitrogens with one attached hydrogen (secondary N) is 1. The van der Waals surface area contributed by atoms with Gasteiger partial charge >= 0.3 is 0 Å². The van der Waals surface area contributed by atoms with Crippen LogP contribution in [0, 0.1) is 6.92 Å². The molecule has 6 heteroatoms. The van der Waals surface area contributed by atoms with E-state index < -0.39 is 11.5 Å². The molecule has 1 aromatic heterocycles. The molecule has 0 unspecified atom stereocenters. The van der Waals surface area contributed by atoms with Crippen molar-refractivity contribution in [1.82, 2.24) is 9.88 Å². The number of likely N-dealkylation sites (tertiary alicyclic amines) is 1. The minimum Gasteiger partial charge on any atom is -0.383 e. The third-order valence-corrected chi connectivity index (χ3v) is 5.59. The van der Waals surface area contributed by atoms with Crippen LogP contribution in [0.1, 0.15) is 42.0 Å². The molecular weight excluding hydrogens is 342 g/mol. The van der Waals surface area contributed by atoms with Crippen LogP contribution in [0.15, 0.2) is 42.6 Å². The van der Waals surface area contributed by atoms with E-state index in [0.717, 1.165) is 11.1 Å². The summed E-state index contributed by atoms with van der Waals surface area (Å²) in [6, 6.07) is 11.2. The molecule has 2 aliphatic heterocycles. The Morgan fingerprint density at radius 2 is 1.96 bits per heavy atom. The molecule has 0 bridgehead atoms. The summed E-state index contributed by atoms with van der Waals surface area (Å²) >= 11 is 0. The number of nitrogens with zero attached hydrogens (tertiary/aromatic N) is 2. The highest BCUT2D eigenvalue weighted by Crippen LogP contribution is 2.36. The van der Waals surface area contributed by atoms with Crippen molar-refractivity contribution >= 4 is 17.5 Å². The Bertz CT molecular complexity index is 870. The van der Waals surface area contributed by atoms with Crippen LogP contribution >= 0.6 is 0 Å². The first-order valence-electron chi connectivity index (χ1n) is 9.29. The van der Waals surface area contributed by atoms with Crippen molar-refractivity contribution in [3.05, 3.63) is 59.4 Å². The Labute approximate surface area is 158 Å². The van der Waals surface area contributed by atoms with Crippen LogP contribution < -0.4 is 5.32 Å². The highest BCUT2D eigenvalue weighted by Gasteiger charge is 2.39. The van der Waals surface area contributed by atoms with Crippen molar-refractivity contribution in [3.63, 3.8) is 0 Å². The maximum Gasteiger partial charge on any atom is 0.230 e. The molecule has 6 nitrogen and oxygen atoms in total. The number of para-hydroxylation sites is 1. The molecule has 2 aliphatic rings. The molecule has 1 fully saturated rings. The number of carbonyl (C=O) groups excluding carboxylic acids is 2. The van der Waals surface area contributed by atoms with E-state index in [2.05, 4.69) is 10.3 Å². The number of fused-ring (bicyclic) bond motifs is 1. The summed E-state index contributed by atoms with van der Waals surface area (Å²) in [7, 11) is 0. The van der Waals surface area contributed by atoms with Crippen molar-refractivity contribution < 1.29 is 14.7 Å². The van der Waals surface area contributed by atoms with Crippen LogP contribution in [-0.4, -0.2) is 39.9 Å². The number of anilines is 1. The van der Waals surface area contributed by atoms with Gasteiger partial charge in [-0.1, -0.05) is 24.3 Å². The van der Waals surface area contributed by atoms with Gasteiger partial charge < -0.3 is 15.3 Å². The first-order chi connectivity index (χ1) is 13.0. The SMILES string of the molecule is Cc1ccc(C2(O)CCN(C(=O)[C@H]3CC(=O)Nc4ccccc43)CC2)nc1. The van der Waals surface area contributed by atoms with Crippen LogP contribution in [0.2, 0.25) is 0 Å². The molecule has 140 valence electrons. The predicted octanol–water partition coefficient (Wildman–Crippen LogP) is 2.33. The second-order valence-electron chi connectivity index (χ2n) is 7.47. The number of carbonyl (C=O) groups is 2. The fourth-order valence-electron chi connectivity index (χ4n) is 3.95. The summed E-state index contributed by atoms with van der Waals surface area (Å²) in [5.74, 6) is -0.640. The number of hydrogen-bond acceptors (Lipinski definition) is 4. The lowest BCUT2D eigenvalue weighted by molar-refractivity contribution is -0.139. The van der Waals surface area contributed by atoms with Gasteiger partial charge in [-0.2, -0.15) is 0 Å². The number of benzene rings is 1. The maximum absolute atomic E-state index is 13.1. The zero-order valence-corrected chi connectivity index (χ0v) is 15.3. The number of pyridine rings is 1. The van der Waals surface area contributed by atoms with Gasteiger partial charge in [0.15, 0.2) is 0 Å². The number of aryl methyl sites for hydroxylation is 1. The first-order valence-corrected chi connectivity index (χ1v) is 9.29. The Kier molecular flexibility index (Phi) is 4.44. The molecule has 0 saturated carbocycles. The average molecular weight is 365 g/mol. The molecule has 4 rings (SSSR count). The van der Waals surface area contributed by atoms with Gasteiger partial charge in [-0.3, -0.25) is 14.6 Å². The van der Waals surface area contributed by atoms with E-state index in [0.29, 0.717) is 37.3 Å². The minimum absolute atomic E-state index is 0.0452. The van der Waals surface area contributed by atoms with Gasteiger partial charge in [-0.25, -0.2) is 0 Å². The molecule has 1 atom stereocenters. The summed E-state index contributed by atoms with van der Waals surface area (Å²) < 4.78 is 0. The topological polar surface area (TPSA) is 82.5 Å². The molecule has 2 amide bonds. The van der Waals surface area contributed by atoms with Gasteiger partial charge in [0.25, 0.3) is 0 Å². The zero-order valence-electron chi connectivity index (χ0n) is 15.3. The van der Waals surface area contributed by atoms with Crippen LogP contribution in [0.4, 0.5) is 5.69 Å². The maximum atomic E-state index is 13.1. The van der Waals surface area contributed by atoms with Crippen LogP contribution in [0.25, 0.3) is 0 Å². The molecule has 1 aromatic carbocycles. The molecule has 2 aromatic rings.